The van der Waals surface area contributed by atoms with Gasteiger partial charge in [0.05, 0.1) is 12.6 Å². The van der Waals surface area contributed by atoms with Crippen LogP contribution >= 0.6 is 47.2 Å². The van der Waals surface area contributed by atoms with Crippen molar-refractivity contribution in [3.05, 3.63) is 33.8 Å². The number of carbonyl (C=O) groups excluding carboxylic acids is 1. The van der Waals surface area contributed by atoms with Crippen LogP contribution in [0, 0.1) is 5.92 Å². The van der Waals surface area contributed by atoms with E-state index < -0.39 is 0 Å². The molecule has 0 spiro atoms. The summed E-state index contributed by atoms with van der Waals surface area (Å²) in [7, 11) is 3.43. The summed E-state index contributed by atoms with van der Waals surface area (Å²) >= 11 is 12.3. The number of amides is 1. The summed E-state index contributed by atoms with van der Waals surface area (Å²) in [5.41, 5.74) is 0.911. The molecule has 1 aromatic rings. The molecular weight excluding hydrogens is 502 g/mol. The van der Waals surface area contributed by atoms with Crippen molar-refractivity contribution in [3.8, 4) is 0 Å². The average molecular weight is 529 g/mol. The quantitative estimate of drug-likeness (QED) is 0.337. The lowest BCUT2D eigenvalue weighted by Crippen LogP contribution is -2.42. The number of nitrogens with zero attached hydrogens (tertiary/aromatic N) is 2. The number of likely N-dealkylation sites (N-methyl/N-ethyl adjacent to an activating group) is 1. The molecule has 2 atom stereocenters. The standard InChI is InChI=1S/C18H26Cl2N4O2.HI/c1-12(15-5-4-14(19)8-16(15)20)23-18(22-10-17(25)24(2)3)21-9-13-6-7-26-11-13;/h4-5,8,12-13H,6-7,9-11H2,1-3H3,(H2,21,22,23);1H. The summed E-state index contributed by atoms with van der Waals surface area (Å²) in [6.45, 7) is 4.34. The van der Waals surface area contributed by atoms with Gasteiger partial charge in [0.1, 0.15) is 6.54 Å². The third kappa shape index (κ3) is 8.01. The number of aliphatic imine (C=N–C) groups is 1. The fourth-order valence-corrected chi connectivity index (χ4v) is 3.13. The Morgan fingerprint density at radius 1 is 1.41 bits per heavy atom. The first-order valence-corrected chi connectivity index (χ1v) is 9.40. The first kappa shape index (κ1) is 24.3. The fraction of sp³-hybridized carbons (Fsp3) is 0.556. The van der Waals surface area contributed by atoms with Crippen LogP contribution in [0.2, 0.25) is 10.0 Å². The zero-order chi connectivity index (χ0) is 19.1. The van der Waals surface area contributed by atoms with Crippen LogP contribution in [0.25, 0.3) is 0 Å². The van der Waals surface area contributed by atoms with Crippen LogP contribution in [-0.4, -0.2) is 57.2 Å². The molecule has 0 aliphatic carbocycles. The van der Waals surface area contributed by atoms with Crippen LogP contribution in [-0.2, 0) is 9.53 Å². The smallest absolute Gasteiger partial charge is 0.243 e. The maximum Gasteiger partial charge on any atom is 0.243 e. The highest BCUT2D eigenvalue weighted by Crippen LogP contribution is 2.26. The number of ether oxygens (including phenoxy) is 1. The van der Waals surface area contributed by atoms with Crippen LogP contribution in [0.1, 0.15) is 24.9 Å². The molecular formula is C18H27Cl2IN4O2. The van der Waals surface area contributed by atoms with Gasteiger partial charge < -0.3 is 20.3 Å². The Balaban J connectivity index is 0.00000364. The van der Waals surface area contributed by atoms with Crippen LogP contribution in [0.3, 0.4) is 0 Å². The molecule has 2 N–H and O–H groups in total. The normalized spacial score (nSPS) is 17.8. The molecule has 1 aliphatic heterocycles. The number of benzene rings is 1. The van der Waals surface area contributed by atoms with E-state index in [0.29, 0.717) is 21.9 Å². The summed E-state index contributed by atoms with van der Waals surface area (Å²) in [4.78, 5) is 17.8. The number of halogens is 3. The summed E-state index contributed by atoms with van der Waals surface area (Å²) in [6, 6.07) is 5.30. The maximum absolute atomic E-state index is 11.9. The molecule has 9 heteroatoms. The second kappa shape index (κ2) is 11.9. The Hall–Kier alpha value is -0.770. The van der Waals surface area contributed by atoms with Gasteiger partial charge in [-0.25, -0.2) is 4.99 Å². The minimum Gasteiger partial charge on any atom is -0.381 e. The highest BCUT2D eigenvalue weighted by molar-refractivity contribution is 14.0. The highest BCUT2D eigenvalue weighted by atomic mass is 127. The molecule has 0 aromatic heterocycles. The molecule has 1 fully saturated rings. The van der Waals surface area contributed by atoms with E-state index in [4.69, 9.17) is 27.9 Å². The number of hydrogen-bond donors (Lipinski definition) is 2. The third-order valence-corrected chi connectivity index (χ3v) is 4.80. The molecule has 1 amide bonds. The number of carbonyl (C=O) groups is 1. The second-order valence-electron chi connectivity index (χ2n) is 6.60. The van der Waals surface area contributed by atoms with Crippen molar-refractivity contribution >= 4 is 59.0 Å². The van der Waals surface area contributed by atoms with Crippen LogP contribution in [0.15, 0.2) is 23.2 Å². The van der Waals surface area contributed by atoms with Crippen molar-refractivity contribution in [2.45, 2.75) is 19.4 Å². The molecule has 0 radical (unpaired) electrons. The predicted octanol–water partition coefficient (Wildman–Crippen LogP) is 3.33. The Bertz CT molecular complexity index is 652. The Kier molecular flexibility index (Phi) is 10.7. The molecule has 1 saturated heterocycles. The molecule has 6 nitrogen and oxygen atoms in total. The minimum absolute atomic E-state index is 0. The van der Waals surface area contributed by atoms with Gasteiger partial charge in [-0.3, -0.25) is 4.79 Å². The van der Waals surface area contributed by atoms with E-state index >= 15 is 0 Å². The lowest BCUT2D eigenvalue weighted by atomic mass is 10.1. The number of hydrogen-bond acceptors (Lipinski definition) is 3. The minimum atomic E-state index is -0.0969. The van der Waals surface area contributed by atoms with Gasteiger partial charge >= 0.3 is 0 Å². The first-order valence-electron chi connectivity index (χ1n) is 8.64. The van der Waals surface area contributed by atoms with Crippen molar-refractivity contribution in [2.24, 2.45) is 10.9 Å². The zero-order valence-electron chi connectivity index (χ0n) is 15.8. The molecule has 27 heavy (non-hydrogen) atoms. The van der Waals surface area contributed by atoms with Crippen molar-refractivity contribution in [3.63, 3.8) is 0 Å². The van der Waals surface area contributed by atoms with Gasteiger partial charge in [0.2, 0.25) is 5.91 Å². The van der Waals surface area contributed by atoms with E-state index in [1.807, 2.05) is 13.0 Å². The van der Waals surface area contributed by atoms with E-state index in [0.717, 1.165) is 31.7 Å². The SMILES string of the molecule is CC(NC(=NCC(=O)N(C)C)NCC1CCOC1)c1ccc(Cl)cc1Cl.I. The Labute approximate surface area is 188 Å². The van der Waals surface area contributed by atoms with Crippen molar-refractivity contribution in [1.82, 2.24) is 15.5 Å². The zero-order valence-corrected chi connectivity index (χ0v) is 19.6. The fourth-order valence-electron chi connectivity index (χ4n) is 2.56. The monoisotopic (exact) mass is 528 g/mol. The summed E-state index contributed by atoms with van der Waals surface area (Å²) in [6.07, 6.45) is 1.02. The maximum atomic E-state index is 11.9. The molecule has 2 unspecified atom stereocenters. The third-order valence-electron chi connectivity index (χ3n) is 4.24. The molecule has 1 heterocycles. The summed E-state index contributed by atoms with van der Waals surface area (Å²) in [5, 5.41) is 7.80. The topological polar surface area (TPSA) is 66.0 Å². The van der Waals surface area contributed by atoms with E-state index in [1.165, 1.54) is 4.90 Å². The van der Waals surface area contributed by atoms with Crippen LogP contribution in [0.4, 0.5) is 0 Å². The molecule has 2 rings (SSSR count). The lowest BCUT2D eigenvalue weighted by molar-refractivity contribution is -0.127. The van der Waals surface area contributed by atoms with Gasteiger partial charge in [-0.1, -0.05) is 29.3 Å². The van der Waals surface area contributed by atoms with E-state index in [-0.39, 0.29) is 42.5 Å². The first-order chi connectivity index (χ1) is 12.4. The number of guanidine groups is 1. The number of rotatable bonds is 6. The molecule has 152 valence electrons. The molecule has 0 bridgehead atoms. The van der Waals surface area contributed by atoms with Crippen molar-refractivity contribution in [2.75, 3.05) is 40.4 Å². The van der Waals surface area contributed by atoms with Crippen molar-refractivity contribution in [1.29, 1.82) is 0 Å². The molecule has 1 aromatic carbocycles. The largest absolute Gasteiger partial charge is 0.381 e. The van der Waals surface area contributed by atoms with Crippen molar-refractivity contribution < 1.29 is 9.53 Å². The molecule has 1 aliphatic rings. The Morgan fingerprint density at radius 2 is 2.15 bits per heavy atom. The van der Waals surface area contributed by atoms with Gasteiger partial charge in [0.25, 0.3) is 0 Å². The average Bonchev–Trinajstić information content (AvgIpc) is 3.10. The van der Waals surface area contributed by atoms with Gasteiger partial charge in [-0.15, -0.1) is 24.0 Å². The van der Waals surface area contributed by atoms with E-state index in [2.05, 4.69) is 15.6 Å². The van der Waals surface area contributed by atoms with Gasteiger partial charge in [-0.2, -0.15) is 0 Å². The van der Waals surface area contributed by atoms with Gasteiger partial charge in [-0.05, 0) is 31.0 Å². The Morgan fingerprint density at radius 3 is 2.74 bits per heavy atom. The highest BCUT2D eigenvalue weighted by Gasteiger charge is 2.17. The van der Waals surface area contributed by atoms with Crippen LogP contribution < -0.4 is 10.6 Å². The summed E-state index contributed by atoms with van der Waals surface area (Å²) < 4.78 is 5.41. The van der Waals surface area contributed by atoms with E-state index in [1.54, 1.807) is 26.2 Å². The summed E-state index contributed by atoms with van der Waals surface area (Å²) in [5.74, 6) is 0.957. The second-order valence-corrected chi connectivity index (χ2v) is 7.44. The molecule has 0 saturated carbocycles. The van der Waals surface area contributed by atoms with Gasteiger partial charge in [0, 0.05) is 43.2 Å². The van der Waals surface area contributed by atoms with E-state index in [9.17, 15) is 4.79 Å². The lowest BCUT2D eigenvalue weighted by Gasteiger charge is -2.21. The predicted molar refractivity (Wildman–Crippen MR) is 121 cm³/mol. The number of nitrogens with one attached hydrogen (secondary N) is 2. The van der Waals surface area contributed by atoms with Gasteiger partial charge in [0.15, 0.2) is 5.96 Å². The van der Waals surface area contributed by atoms with Crippen LogP contribution in [0.5, 0.6) is 0 Å².